The van der Waals surface area contributed by atoms with Gasteiger partial charge < -0.3 is 10.2 Å². The fourth-order valence-corrected chi connectivity index (χ4v) is 3.43. The molecular weight excluding hydrogens is 300 g/mol. The van der Waals surface area contributed by atoms with E-state index in [1.807, 2.05) is 24.4 Å². The van der Waals surface area contributed by atoms with Crippen molar-refractivity contribution in [2.75, 3.05) is 44.2 Å². The number of anilines is 1. The summed E-state index contributed by atoms with van der Waals surface area (Å²) in [5.74, 6) is 1.18. The summed E-state index contributed by atoms with van der Waals surface area (Å²) in [6.45, 7) is 4.96. The molecule has 0 atom stereocenters. The molecule has 0 bridgehead atoms. The van der Waals surface area contributed by atoms with E-state index in [1.54, 1.807) is 0 Å². The molecule has 130 valence electrons. The van der Waals surface area contributed by atoms with E-state index in [0.717, 1.165) is 45.0 Å². The van der Waals surface area contributed by atoms with E-state index in [4.69, 9.17) is 0 Å². The lowest BCUT2D eigenvalue weighted by Crippen LogP contribution is -2.49. The quantitative estimate of drug-likeness (QED) is 0.814. The van der Waals surface area contributed by atoms with E-state index in [1.165, 1.54) is 31.3 Å². The Kier molecular flexibility index (Phi) is 6.24. The van der Waals surface area contributed by atoms with Gasteiger partial charge in [0.1, 0.15) is 5.82 Å². The van der Waals surface area contributed by atoms with Gasteiger partial charge in [-0.25, -0.2) is 4.98 Å². The molecule has 0 aromatic carbocycles. The zero-order valence-corrected chi connectivity index (χ0v) is 14.4. The summed E-state index contributed by atoms with van der Waals surface area (Å²) >= 11 is 0. The highest BCUT2D eigenvalue weighted by molar-refractivity contribution is 5.78. The zero-order chi connectivity index (χ0) is 16.6. The first-order chi connectivity index (χ1) is 11.8. The van der Waals surface area contributed by atoms with Crippen molar-refractivity contribution in [2.24, 2.45) is 0 Å². The van der Waals surface area contributed by atoms with E-state index in [9.17, 15) is 4.79 Å². The molecule has 0 saturated carbocycles. The predicted molar refractivity (Wildman–Crippen MR) is 97.1 cm³/mol. The Balaban J connectivity index is 1.33. The first kappa shape index (κ1) is 17.0. The number of amides is 1. The second kappa shape index (κ2) is 8.83. The number of hydrogen-bond acceptors (Lipinski definition) is 4. The molecule has 1 aliphatic heterocycles. The predicted octanol–water partition coefficient (Wildman–Crippen LogP) is 2.21. The van der Waals surface area contributed by atoms with Crippen LogP contribution in [0.1, 0.15) is 32.1 Å². The molecule has 1 aromatic rings. The number of carbonyl (C=O) groups is 1. The Labute approximate surface area is 144 Å². The van der Waals surface area contributed by atoms with E-state index < -0.39 is 0 Å². The third-order valence-corrected chi connectivity index (χ3v) is 4.87. The molecule has 3 rings (SSSR count). The van der Waals surface area contributed by atoms with Crippen molar-refractivity contribution in [3.8, 4) is 0 Å². The molecule has 1 amide bonds. The molecule has 1 N–H and O–H groups in total. The first-order valence-electron chi connectivity index (χ1n) is 9.14. The second-order valence-electron chi connectivity index (χ2n) is 6.66. The molecular formula is C19H28N4O. The minimum absolute atomic E-state index is 0.151. The van der Waals surface area contributed by atoms with Crippen molar-refractivity contribution in [2.45, 2.75) is 32.1 Å². The van der Waals surface area contributed by atoms with Crippen LogP contribution in [0.5, 0.6) is 0 Å². The maximum atomic E-state index is 12.1. The summed E-state index contributed by atoms with van der Waals surface area (Å²) in [4.78, 5) is 21.0. The molecule has 2 aliphatic rings. The molecule has 0 radical (unpaired) electrons. The Hall–Kier alpha value is -1.88. The van der Waals surface area contributed by atoms with Gasteiger partial charge in [-0.2, -0.15) is 0 Å². The van der Waals surface area contributed by atoms with Gasteiger partial charge >= 0.3 is 0 Å². The van der Waals surface area contributed by atoms with E-state index in [0.29, 0.717) is 6.54 Å². The number of hydrogen-bond donors (Lipinski definition) is 1. The summed E-state index contributed by atoms with van der Waals surface area (Å²) in [6, 6.07) is 6.00. The minimum Gasteiger partial charge on any atom is -0.355 e. The summed E-state index contributed by atoms with van der Waals surface area (Å²) in [5.41, 5.74) is 1.52. The maximum absolute atomic E-state index is 12.1. The van der Waals surface area contributed by atoms with Crippen LogP contribution in [0.2, 0.25) is 0 Å². The third kappa shape index (κ3) is 5.06. The normalized spacial score (nSPS) is 19.0. The molecule has 0 unspecified atom stereocenters. The van der Waals surface area contributed by atoms with Gasteiger partial charge in [-0.3, -0.25) is 9.69 Å². The highest BCUT2D eigenvalue weighted by Gasteiger charge is 2.19. The highest BCUT2D eigenvalue weighted by Crippen LogP contribution is 2.19. The third-order valence-electron chi connectivity index (χ3n) is 4.87. The van der Waals surface area contributed by atoms with Crippen LogP contribution in [0.25, 0.3) is 0 Å². The number of pyridine rings is 1. The first-order valence-corrected chi connectivity index (χ1v) is 9.14. The Morgan fingerprint density at radius 2 is 2.04 bits per heavy atom. The van der Waals surface area contributed by atoms with Crippen molar-refractivity contribution in [1.29, 1.82) is 0 Å². The van der Waals surface area contributed by atoms with Crippen molar-refractivity contribution in [1.82, 2.24) is 15.2 Å². The van der Waals surface area contributed by atoms with Gasteiger partial charge in [0.2, 0.25) is 5.91 Å². The van der Waals surface area contributed by atoms with Crippen molar-refractivity contribution >= 4 is 11.7 Å². The number of carbonyl (C=O) groups excluding carboxylic acids is 1. The van der Waals surface area contributed by atoms with Crippen molar-refractivity contribution in [3.63, 3.8) is 0 Å². The van der Waals surface area contributed by atoms with E-state index >= 15 is 0 Å². The SMILES string of the molecule is O=C(CN1CCN(c2ccccn2)CC1)NCCC1=CCCCC1. The number of rotatable bonds is 6. The fraction of sp³-hybridized carbons (Fsp3) is 0.579. The van der Waals surface area contributed by atoms with Crippen LogP contribution in [0.4, 0.5) is 5.82 Å². The number of aromatic nitrogens is 1. The smallest absolute Gasteiger partial charge is 0.234 e. The Morgan fingerprint density at radius 1 is 1.17 bits per heavy atom. The molecule has 1 aromatic heterocycles. The van der Waals surface area contributed by atoms with Gasteiger partial charge in [-0.05, 0) is 44.2 Å². The molecule has 2 heterocycles. The lowest BCUT2D eigenvalue weighted by Gasteiger charge is -2.34. The molecule has 1 fully saturated rings. The number of nitrogens with one attached hydrogen (secondary N) is 1. The van der Waals surface area contributed by atoms with E-state index in [2.05, 4.69) is 26.2 Å². The van der Waals surface area contributed by atoms with Crippen molar-refractivity contribution in [3.05, 3.63) is 36.0 Å². The topological polar surface area (TPSA) is 48.5 Å². The largest absolute Gasteiger partial charge is 0.355 e. The van der Waals surface area contributed by atoms with Gasteiger partial charge in [0.15, 0.2) is 0 Å². The second-order valence-corrected chi connectivity index (χ2v) is 6.66. The summed E-state index contributed by atoms with van der Waals surface area (Å²) in [6.07, 6.45) is 10.2. The average molecular weight is 328 g/mol. The summed E-state index contributed by atoms with van der Waals surface area (Å²) in [7, 11) is 0. The van der Waals surface area contributed by atoms with Gasteiger partial charge in [-0.1, -0.05) is 17.7 Å². The lowest BCUT2D eigenvalue weighted by atomic mass is 9.97. The average Bonchev–Trinajstić information content (AvgIpc) is 2.64. The van der Waals surface area contributed by atoms with Crippen molar-refractivity contribution < 1.29 is 4.79 Å². The van der Waals surface area contributed by atoms with Crippen LogP contribution < -0.4 is 10.2 Å². The Morgan fingerprint density at radius 3 is 2.75 bits per heavy atom. The standard InChI is InChI=1S/C19H28N4O/c24-19(21-11-9-17-6-2-1-3-7-17)16-22-12-14-23(15-13-22)18-8-4-5-10-20-18/h4-6,8,10H,1-3,7,9,11-16H2,(H,21,24). The Bertz CT molecular complexity index is 550. The molecule has 0 spiro atoms. The summed E-state index contributed by atoms with van der Waals surface area (Å²) < 4.78 is 0. The highest BCUT2D eigenvalue weighted by atomic mass is 16.2. The van der Waals surface area contributed by atoms with Crippen LogP contribution in [0.15, 0.2) is 36.0 Å². The number of allylic oxidation sites excluding steroid dienone is 1. The zero-order valence-electron chi connectivity index (χ0n) is 14.4. The van der Waals surface area contributed by atoms with Crippen LogP contribution >= 0.6 is 0 Å². The maximum Gasteiger partial charge on any atom is 0.234 e. The molecule has 24 heavy (non-hydrogen) atoms. The molecule has 5 nitrogen and oxygen atoms in total. The number of piperazine rings is 1. The van der Waals surface area contributed by atoms with Crippen LogP contribution in [0.3, 0.4) is 0 Å². The van der Waals surface area contributed by atoms with Crippen LogP contribution in [-0.2, 0) is 4.79 Å². The van der Waals surface area contributed by atoms with Gasteiger partial charge in [0.05, 0.1) is 6.54 Å². The monoisotopic (exact) mass is 328 g/mol. The lowest BCUT2D eigenvalue weighted by molar-refractivity contribution is -0.122. The van der Waals surface area contributed by atoms with Gasteiger partial charge in [-0.15, -0.1) is 0 Å². The van der Waals surface area contributed by atoms with Gasteiger partial charge in [0, 0.05) is 38.9 Å². The summed E-state index contributed by atoms with van der Waals surface area (Å²) in [5, 5.41) is 3.07. The van der Waals surface area contributed by atoms with Crippen LogP contribution in [-0.4, -0.2) is 55.1 Å². The minimum atomic E-state index is 0.151. The molecule has 1 aliphatic carbocycles. The molecule has 5 heteroatoms. The van der Waals surface area contributed by atoms with E-state index in [-0.39, 0.29) is 5.91 Å². The number of nitrogens with zero attached hydrogens (tertiary/aromatic N) is 3. The van der Waals surface area contributed by atoms with Gasteiger partial charge in [0.25, 0.3) is 0 Å². The molecule has 1 saturated heterocycles. The fourth-order valence-electron chi connectivity index (χ4n) is 3.43. The van der Waals surface area contributed by atoms with Crippen LogP contribution in [0, 0.1) is 0 Å².